The Balaban J connectivity index is 2.18. The molecule has 2 rings (SSSR count). The molecule has 2 aromatic rings. The minimum absolute atomic E-state index is 0.514. The second kappa shape index (κ2) is 7.06. The molecule has 0 bridgehead atoms. The minimum Gasteiger partial charge on any atom is -0.480 e. The van der Waals surface area contributed by atoms with Crippen molar-refractivity contribution in [3.8, 4) is 0 Å². The van der Waals surface area contributed by atoms with Gasteiger partial charge in [-0.15, -0.1) is 0 Å². The van der Waals surface area contributed by atoms with Crippen LogP contribution in [0.3, 0.4) is 0 Å². The average molecular weight is 271 g/mol. The number of fused-ring (bicyclic) bond motifs is 1. The Kier molecular flexibility index (Phi) is 5.13. The van der Waals surface area contributed by atoms with Gasteiger partial charge >= 0.3 is 5.97 Å². The first-order chi connectivity index (χ1) is 9.72. The summed E-state index contributed by atoms with van der Waals surface area (Å²) < 4.78 is 0. The van der Waals surface area contributed by atoms with Crippen molar-refractivity contribution in [2.45, 2.75) is 32.2 Å². The minimum atomic E-state index is -0.783. The summed E-state index contributed by atoms with van der Waals surface area (Å²) in [4.78, 5) is 11.4. The third kappa shape index (κ3) is 3.58. The molecular weight excluding hydrogens is 250 g/mol. The number of carboxylic acids is 1. The molecule has 0 aliphatic rings. The van der Waals surface area contributed by atoms with Crippen LogP contribution in [0, 0.1) is 0 Å². The first-order valence-electron chi connectivity index (χ1n) is 7.15. The third-order valence-corrected chi connectivity index (χ3v) is 3.52. The van der Waals surface area contributed by atoms with E-state index in [1.165, 1.54) is 0 Å². The quantitative estimate of drug-likeness (QED) is 0.760. The van der Waals surface area contributed by atoms with Crippen LogP contribution in [0.15, 0.2) is 42.5 Å². The van der Waals surface area contributed by atoms with E-state index in [0.29, 0.717) is 6.42 Å². The third-order valence-electron chi connectivity index (χ3n) is 3.52. The standard InChI is InChI=1S/C17H21NO2/c1-2-3-11-18-16(17(19)20)12-14-9-6-8-13-7-4-5-10-15(13)14/h4-10,16,18H,2-3,11-12H2,1H3,(H,19,20). The number of hydrogen-bond donors (Lipinski definition) is 2. The van der Waals surface area contributed by atoms with E-state index >= 15 is 0 Å². The number of benzene rings is 2. The molecule has 1 atom stereocenters. The topological polar surface area (TPSA) is 49.3 Å². The molecule has 0 fully saturated rings. The Hall–Kier alpha value is -1.87. The van der Waals surface area contributed by atoms with Crippen LogP contribution in [0.5, 0.6) is 0 Å². The van der Waals surface area contributed by atoms with Crippen LogP contribution in [-0.4, -0.2) is 23.7 Å². The Bertz CT molecular complexity index is 575. The van der Waals surface area contributed by atoms with E-state index in [1.807, 2.05) is 24.3 Å². The fraction of sp³-hybridized carbons (Fsp3) is 0.353. The van der Waals surface area contributed by atoms with Crippen LogP contribution in [0.4, 0.5) is 0 Å². The van der Waals surface area contributed by atoms with Gasteiger partial charge in [-0.25, -0.2) is 0 Å². The Morgan fingerprint density at radius 3 is 2.70 bits per heavy atom. The van der Waals surface area contributed by atoms with E-state index < -0.39 is 12.0 Å². The van der Waals surface area contributed by atoms with Crippen molar-refractivity contribution in [2.24, 2.45) is 0 Å². The van der Waals surface area contributed by atoms with Gasteiger partial charge in [-0.05, 0) is 35.7 Å². The first kappa shape index (κ1) is 14.5. The number of hydrogen-bond acceptors (Lipinski definition) is 2. The monoisotopic (exact) mass is 271 g/mol. The summed E-state index contributed by atoms with van der Waals surface area (Å²) in [6.07, 6.45) is 2.58. The van der Waals surface area contributed by atoms with Crippen molar-refractivity contribution in [3.63, 3.8) is 0 Å². The summed E-state index contributed by atoms with van der Waals surface area (Å²) in [6, 6.07) is 13.6. The molecule has 0 saturated heterocycles. The lowest BCUT2D eigenvalue weighted by Gasteiger charge is -2.15. The van der Waals surface area contributed by atoms with Crippen molar-refractivity contribution in [2.75, 3.05) is 6.54 Å². The molecule has 0 aromatic heterocycles. The van der Waals surface area contributed by atoms with Gasteiger partial charge in [0.1, 0.15) is 6.04 Å². The van der Waals surface area contributed by atoms with Gasteiger partial charge in [0.2, 0.25) is 0 Å². The fourth-order valence-corrected chi connectivity index (χ4v) is 2.39. The van der Waals surface area contributed by atoms with Crippen LogP contribution < -0.4 is 5.32 Å². The second-order valence-corrected chi connectivity index (χ2v) is 5.04. The molecule has 2 aromatic carbocycles. The van der Waals surface area contributed by atoms with Crippen LogP contribution in [-0.2, 0) is 11.2 Å². The molecule has 20 heavy (non-hydrogen) atoms. The lowest BCUT2D eigenvalue weighted by molar-refractivity contribution is -0.139. The molecule has 3 heteroatoms. The van der Waals surface area contributed by atoms with Crippen molar-refractivity contribution >= 4 is 16.7 Å². The predicted octanol–water partition coefficient (Wildman–Crippen LogP) is 3.23. The van der Waals surface area contributed by atoms with E-state index in [2.05, 4.69) is 30.4 Å². The number of unbranched alkanes of at least 4 members (excludes halogenated alkanes) is 1. The Morgan fingerprint density at radius 2 is 1.95 bits per heavy atom. The van der Waals surface area contributed by atoms with E-state index in [9.17, 15) is 9.90 Å². The summed E-state index contributed by atoms with van der Waals surface area (Å²) in [5, 5.41) is 14.8. The van der Waals surface area contributed by atoms with E-state index in [4.69, 9.17) is 0 Å². The highest BCUT2D eigenvalue weighted by Gasteiger charge is 2.17. The average Bonchev–Trinajstić information content (AvgIpc) is 2.46. The normalized spacial score (nSPS) is 12.4. The zero-order valence-electron chi connectivity index (χ0n) is 11.8. The Labute approximate surface area is 119 Å². The number of rotatable bonds is 7. The van der Waals surface area contributed by atoms with Gasteiger partial charge in [-0.1, -0.05) is 55.8 Å². The molecule has 0 aliphatic carbocycles. The molecule has 0 saturated carbocycles. The maximum Gasteiger partial charge on any atom is 0.321 e. The summed E-state index contributed by atoms with van der Waals surface area (Å²) in [7, 11) is 0. The van der Waals surface area contributed by atoms with Crippen molar-refractivity contribution < 1.29 is 9.90 Å². The van der Waals surface area contributed by atoms with E-state index in [1.54, 1.807) is 0 Å². The number of carbonyl (C=O) groups is 1. The van der Waals surface area contributed by atoms with Gasteiger partial charge in [0.25, 0.3) is 0 Å². The van der Waals surface area contributed by atoms with Crippen LogP contribution in [0.1, 0.15) is 25.3 Å². The molecule has 0 heterocycles. The largest absolute Gasteiger partial charge is 0.480 e. The van der Waals surface area contributed by atoms with Gasteiger partial charge in [-0.2, -0.15) is 0 Å². The second-order valence-electron chi connectivity index (χ2n) is 5.04. The lowest BCUT2D eigenvalue weighted by Crippen LogP contribution is -2.39. The summed E-state index contributed by atoms with van der Waals surface area (Å²) in [5.41, 5.74) is 1.08. The van der Waals surface area contributed by atoms with Gasteiger partial charge in [0, 0.05) is 0 Å². The summed E-state index contributed by atoms with van der Waals surface area (Å²) in [6.45, 7) is 2.85. The SMILES string of the molecule is CCCCNC(Cc1cccc2ccccc12)C(=O)O. The zero-order valence-corrected chi connectivity index (χ0v) is 11.8. The zero-order chi connectivity index (χ0) is 14.4. The molecule has 3 nitrogen and oxygen atoms in total. The van der Waals surface area contributed by atoms with Gasteiger partial charge in [0.05, 0.1) is 0 Å². The van der Waals surface area contributed by atoms with Crippen molar-refractivity contribution in [3.05, 3.63) is 48.0 Å². The number of nitrogens with one attached hydrogen (secondary N) is 1. The molecule has 2 N–H and O–H groups in total. The predicted molar refractivity (Wildman–Crippen MR) is 82.0 cm³/mol. The lowest BCUT2D eigenvalue weighted by atomic mass is 9.99. The van der Waals surface area contributed by atoms with Crippen LogP contribution in [0.25, 0.3) is 10.8 Å². The molecule has 0 radical (unpaired) electrons. The molecule has 0 spiro atoms. The van der Waals surface area contributed by atoms with E-state index in [-0.39, 0.29) is 0 Å². The highest BCUT2D eigenvalue weighted by molar-refractivity contribution is 5.86. The molecule has 0 amide bonds. The number of aliphatic carboxylic acids is 1. The molecular formula is C17H21NO2. The maximum atomic E-state index is 11.4. The van der Waals surface area contributed by atoms with Crippen LogP contribution >= 0.6 is 0 Å². The highest BCUT2D eigenvalue weighted by Crippen LogP contribution is 2.19. The molecule has 0 aliphatic heterocycles. The summed E-state index contributed by atoms with van der Waals surface area (Å²) in [5.74, 6) is -0.783. The van der Waals surface area contributed by atoms with E-state index in [0.717, 1.165) is 35.7 Å². The molecule has 106 valence electrons. The number of carboxylic acid groups (broad SMARTS) is 1. The maximum absolute atomic E-state index is 11.4. The van der Waals surface area contributed by atoms with Crippen molar-refractivity contribution in [1.29, 1.82) is 0 Å². The van der Waals surface area contributed by atoms with Gasteiger partial charge in [-0.3, -0.25) is 4.79 Å². The van der Waals surface area contributed by atoms with Crippen LogP contribution in [0.2, 0.25) is 0 Å². The van der Waals surface area contributed by atoms with Gasteiger partial charge < -0.3 is 10.4 Å². The van der Waals surface area contributed by atoms with Crippen molar-refractivity contribution in [1.82, 2.24) is 5.32 Å². The first-order valence-corrected chi connectivity index (χ1v) is 7.15. The fourth-order valence-electron chi connectivity index (χ4n) is 2.39. The van der Waals surface area contributed by atoms with Gasteiger partial charge in [0.15, 0.2) is 0 Å². The smallest absolute Gasteiger partial charge is 0.321 e. The Morgan fingerprint density at radius 1 is 1.20 bits per heavy atom. The summed E-state index contributed by atoms with van der Waals surface area (Å²) >= 11 is 0. The molecule has 1 unspecified atom stereocenters. The highest BCUT2D eigenvalue weighted by atomic mass is 16.4.